The molecular weight excluding hydrogens is 435 g/mol. The van der Waals surface area contributed by atoms with Gasteiger partial charge in [-0.2, -0.15) is 14.8 Å². The number of hydrogen-bond acceptors (Lipinski definition) is 6. The molecule has 1 amide bonds. The molecule has 2 atom stereocenters. The largest absolute Gasteiger partial charge is 0.343 e. The second kappa shape index (κ2) is 9.09. The van der Waals surface area contributed by atoms with Gasteiger partial charge in [0.05, 0.1) is 5.69 Å². The van der Waals surface area contributed by atoms with E-state index in [0.717, 1.165) is 56.5 Å². The fraction of sp³-hybridized carbons (Fsp3) is 0.600. The molecule has 3 aromatic rings. The van der Waals surface area contributed by atoms with Crippen molar-refractivity contribution < 1.29 is 13.7 Å². The normalized spacial score (nSPS) is 22.7. The minimum atomic E-state index is -0.347. The van der Waals surface area contributed by atoms with Crippen LogP contribution in [0.15, 0.2) is 22.7 Å². The highest BCUT2D eigenvalue weighted by Gasteiger charge is 2.35. The summed E-state index contributed by atoms with van der Waals surface area (Å²) in [6.07, 6.45) is 2.98. The highest BCUT2D eigenvalue weighted by atomic mass is 19.1. The number of likely N-dealkylation sites (tertiary alicyclic amines) is 2. The zero-order valence-corrected chi connectivity index (χ0v) is 20.4. The van der Waals surface area contributed by atoms with E-state index in [9.17, 15) is 9.18 Å². The standard InChI is InChI=1S/C25H33FN6O2/c1-15(2)22-20-6-5-7-21(26)23(20)32(28-22)25-27-24(34-29-25)19-10-13-31(14-16(19)3)18-8-11-30(12-9-18)17(4)33/h5-7,15-16,18-19H,8-14H2,1-4H3. The van der Waals surface area contributed by atoms with E-state index in [1.807, 2.05) is 24.8 Å². The average Bonchev–Trinajstić information content (AvgIpc) is 3.45. The molecule has 2 aliphatic heterocycles. The Balaban J connectivity index is 1.32. The number of carbonyl (C=O) groups excluding carboxylic acids is 1. The van der Waals surface area contributed by atoms with Gasteiger partial charge in [0, 0.05) is 43.9 Å². The van der Waals surface area contributed by atoms with Gasteiger partial charge in [-0.05, 0) is 48.9 Å². The van der Waals surface area contributed by atoms with Crippen molar-refractivity contribution in [1.82, 2.24) is 29.7 Å². The van der Waals surface area contributed by atoms with Gasteiger partial charge >= 0.3 is 0 Å². The van der Waals surface area contributed by atoms with Crippen LogP contribution >= 0.6 is 0 Å². The van der Waals surface area contributed by atoms with Crippen molar-refractivity contribution in [3.05, 3.63) is 35.6 Å². The average molecular weight is 469 g/mol. The quantitative estimate of drug-likeness (QED) is 0.573. The van der Waals surface area contributed by atoms with Crippen molar-refractivity contribution in [1.29, 1.82) is 0 Å². The lowest BCUT2D eigenvalue weighted by atomic mass is 9.85. The van der Waals surface area contributed by atoms with Crippen molar-refractivity contribution >= 4 is 16.8 Å². The molecular formula is C25H33FN6O2. The van der Waals surface area contributed by atoms with Crippen molar-refractivity contribution in [2.45, 2.75) is 64.8 Å². The van der Waals surface area contributed by atoms with Crippen LogP contribution in [0.25, 0.3) is 16.9 Å². The number of hydrogen-bond donors (Lipinski definition) is 0. The van der Waals surface area contributed by atoms with Gasteiger partial charge in [0.15, 0.2) is 0 Å². The van der Waals surface area contributed by atoms with Crippen LogP contribution in [0, 0.1) is 11.7 Å². The Bertz CT molecular complexity index is 1180. The third-order valence-corrected chi connectivity index (χ3v) is 7.53. The van der Waals surface area contributed by atoms with Crippen LogP contribution in [0.3, 0.4) is 0 Å². The Morgan fingerprint density at radius 2 is 1.94 bits per heavy atom. The van der Waals surface area contributed by atoms with Crippen molar-refractivity contribution in [3.8, 4) is 5.95 Å². The molecule has 5 rings (SSSR count). The number of carbonyl (C=O) groups is 1. The minimum absolute atomic E-state index is 0.142. The molecule has 0 bridgehead atoms. The second-order valence-electron chi connectivity index (χ2n) is 10.1. The van der Waals surface area contributed by atoms with Gasteiger partial charge in [0.25, 0.3) is 5.95 Å². The Labute approximate surface area is 199 Å². The molecule has 2 aliphatic rings. The summed E-state index contributed by atoms with van der Waals surface area (Å²) in [7, 11) is 0. The lowest BCUT2D eigenvalue weighted by Gasteiger charge is -2.43. The lowest BCUT2D eigenvalue weighted by molar-refractivity contribution is -0.130. The number of piperidine rings is 2. The summed E-state index contributed by atoms with van der Waals surface area (Å²) in [6.45, 7) is 11.6. The van der Waals surface area contributed by atoms with Crippen molar-refractivity contribution in [2.24, 2.45) is 5.92 Å². The van der Waals surface area contributed by atoms with Gasteiger partial charge in [0.1, 0.15) is 11.3 Å². The van der Waals surface area contributed by atoms with Gasteiger partial charge in [-0.15, -0.1) is 0 Å². The van der Waals surface area contributed by atoms with Crippen LogP contribution in [0.4, 0.5) is 4.39 Å². The first kappa shape index (κ1) is 23.0. The summed E-state index contributed by atoms with van der Waals surface area (Å²) in [5.41, 5.74) is 1.21. The van der Waals surface area contributed by atoms with E-state index < -0.39 is 0 Å². The van der Waals surface area contributed by atoms with Gasteiger partial charge in [-0.1, -0.05) is 32.9 Å². The predicted octanol–water partition coefficient (Wildman–Crippen LogP) is 4.11. The monoisotopic (exact) mass is 468 g/mol. The summed E-state index contributed by atoms with van der Waals surface area (Å²) in [5, 5.41) is 9.61. The highest BCUT2D eigenvalue weighted by molar-refractivity contribution is 5.84. The number of fused-ring (bicyclic) bond motifs is 1. The second-order valence-corrected chi connectivity index (χ2v) is 10.1. The van der Waals surface area contributed by atoms with Crippen LogP contribution in [0.2, 0.25) is 0 Å². The molecule has 9 heteroatoms. The summed E-state index contributed by atoms with van der Waals surface area (Å²) < 4.78 is 21.9. The molecule has 0 aliphatic carbocycles. The van der Waals surface area contributed by atoms with Gasteiger partial charge < -0.3 is 9.42 Å². The fourth-order valence-electron chi connectivity index (χ4n) is 5.61. The molecule has 4 heterocycles. The van der Waals surface area contributed by atoms with Crippen LogP contribution in [-0.2, 0) is 4.79 Å². The maximum Gasteiger partial charge on any atom is 0.291 e. The van der Waals surface area contributed by atoms with Crippen molar-refractivity contribution in [3.63, 3.8) is 0 Å². The summed E-state index contributed by atoms with van der Waals surface area (Å²) in [4.78, 5) is 20.8. The van der Waals surface area contributed by atoms with E-state index in [2.05, 4.69) is 27.1 Å². The Kier molecular flexibility index (Phi) is 6.14. The first-order valence-electron chi connectivity index (χ1n) is 12.3. The van der Waals surface area contributed by atoms with Gasteiger partial charge in [-0.25, -0.2) is 4.39 Å². The van der Waals surface area contributed by atoms with E-state index in [4.69, 9.17) is 4.52 Å². The maximum absolute atomic E-state index is 14.7. The molecule has 0 saturated carbocycles. The highest BCUT2D eigenvalue weighted by Crippen LogP contribution is 2.35. The molecule has 0 radical (unpaired) electrons. The molecule has 2 unspecified atom stereocenters. The number of benzene rings is 1. The number of amides is 1. The Morgan fingerprint density at radius 1 is 1.18 bits per heavy atom. The van der Waals surface area contributed by atoms with E-state index >= 15 is 0 Å². The third-order valence-electron chi connectivity index (χ3n) is 7.53. The zero-order valence-electron chi connectivity index (χ0n) is 20.4. The number of aromatic nitrogens is 4. The fourth-order valence-corrected chi connectivity index (χ4v) is 5.61. The zero-order chi connectivity index (χ0) is 24.0. The third kappa shape index (κ3) is 4.10. The predicted molar refractivity (Wildman–Crippen MR) is 126 cm³/mol. The maximum atomic E-state index is 14.7. The molecule has 8 nitrogen and oxygen atoms in total. The summed E-state index contributed by atoms with van der Waals surface area (Å²) in [6, 6.07) is 5.54. The molecule has 2 aromatic heterocycles. The smallest absolute Gasteiger partial charge is 0.291 e. The lowest BCUT2D eigenvalue weighted by Crippen LogP contribution is -2.50. The molecule has 0 N–H and O–H groups in total. The Morgan fingerprint density at radius 3 is 2.62 bits per heavy atom. The molecule has 182 valence electrons. The number of nitrogens with zero attached hydrogens (tertiary/aromatic N) is 6. The van der Waals surface area contributed by atoms with E-state index in [0.29, 0.717) is 23.4 Å². The first-order chi connectivity index (χ1) is 16.3. The van der Waals surface area contributed by atoms with Gasteiger partial charge in [0.2, 0.25) is 11.8 Å². The number of para-hydroxylation sites is 1. The summed E-state index contributed by atoms with van der Waals surface area (Å²) in [5.74, 6) is 1.35. The van der Waals surface area contributed by atoms with Crippen LogP contribution in [0.5, 0.6) is 0 Å². The number of rotatable bonds is 4. The van der Waals surface area contributed by atoms with Crippen molar-refractivity contribution in [2.75, 3.05) is 26.2 Å². The number of halogens is 1. The van der Waals surface area contributed by atoms with Crippen LogP contribution in [0.1, 0.15) is 70.4 Å². The topological polar surface area (TPSA) is 80.3 Å². The van der Waals surface area contributed by atoms with Crippen LogP contribution < -0.4 is 0 Å². The molecule has 2 saturated heterocycles. The molecule has 1 aromatic carbocycles. The minimum Gasteiger partial charge on any atom is -0.343 e. The molecule has 34 heavy (non-hydrogen) atoms. The molecule has 0 spiro atoms. The Hall–Kier alpha value is -2.81. The molecule has 2 fully saturated rings. The van der Waals surface area contributed by atoms with E-state index in [1.165, 1.54) is 10.7 Å². The van der Waals surface area contributed by atoms with Crippen LogP contribution in [-0.4, -0.2) is 67.8 Å². The van der Waals surface area contributed by atoms with E-state index in [1.54, 1.807) is 13.0 Å². The SMILES string of the molecule is CC(=O)N1CCC(N2CCC(c3nc(-n4nc(C(C)C)c5cccc(F)c54)no3)C(C)C2)CC1. The van der Waals surface area contributed by atoms with E-state index in [-0.39, 0.29) is 29.5 Å². The summed E-state index contributed by atoms with van der Waals surface area (Å²) >= 11 is 0. The first-order valence-corrected chi connectivity index (χ1v) is 12.3. The van der Waals surface area contributed by atoms with Gasteiger partial charge in [-0.3, -0.25) is 9.69 Å².